The van der Waals surface area contributed by atoms with Crippen LogP contribution in [0.15, 0.2) is 30.6 Å². The van der Waals surface area contributed by atoms with Crippen LogP contribution in [0, 0.1) is 12.7 Å². The molecule has 0 saturated carbocycles. The Morgan fingerprint density at radius 1 is 1.43 bits per heavy atom. The molecule has 72 valence electrons. The van der Waals surface area contributed by atoms with Crippen LogP contribution in [0.5, 0.6) is 0 Å². The van der Waals surface area contributed by atoms with E-state index in [1.807, 2.05) is 6.07 Å². The monoisotopic (exact) mass is 190 g/mol. The molecule has 0 atom stereocenters. The van der Waals surface area contributed by atoms with Gasteiger partial charge in [0, 0.05) is 18.8 Å². The predicted octanol–water partition coefficient (Wildman–Crippen LogP) is 2.45. The van der Waals surface area contributed by atoms with Crippen molar-refractivity contribution in [2.75, 3.05) is 0 Å². The fourth-order valence-electron chi connectivity index (χ4n) is 1.42. The van der Waals surface area contributed by atoms with Gasteiger partial charge in [-0.2, -0.15) is 0 Å². The minimum Gasteiger partial charge on any atom is -0.348 e. The Morgan fingerprint density at radius 3 is 3.00 bits per heavy atom. The van der Waals surface area contributed by atoms with Crippen molar-refractivity contribution in [3.05, 3.63) is 53.4 Å². The molecule has 14 heavy (non-hydrogen) atoms. The molecule has 1 aromatic carbocycles. The molecule has 2 rings (SSSR count). The van der Waals surface area contributed by atoms with Crippen molar-refractivity contribution in [3.8, 4) is 0 Å². The van der Waals surface area contributed by atoms with Crippen LogP contribution in [-0.4, -0.2) is 9.97 Å². The highest BCUT2D eigenvalue weighted by atomic mass is 19.1. The number of nitrogens with zero attached hydrogens (tertiary/aromatic N) is 1. The standard InChI is InChI=1S/C11H11FN2/c1-8-3-2-4-9(11(8)12)7-10-13-5-6-14-10/h2-6H,7H2,1H3,(H,13,14). The third kappa shape index (κ3) is 1.66. The number of aromatic amines is 1. The molecule has 0 amide bonds. The smallest absolute Gasteiger partial charge is 0.129 e. The molecule has 1 N–H and O–H groups in total. The van der Waals surface area contributed by atoms with E-state index < -0.39 is 0 Å². The van der Waals surface area contributed by atoms with E-state index in [4.69, 9.17) is 0 Å². The molecule has 0 radical (unpaired) electrons. The number of aryl methyl sites for hydroxylation is 1. The lowest BCUT2D eigenvalue weighted by Crippen LogP contribution is -1.96. The first-order chi connectivity index (χ1) is 6.77. The van der Waals surface area contributed by atoms with Gasteiger partial charge in [0.1, 0.15) is 11.6 Å². The zero-order valence-corrected chi connectivity index (χ0v) is 7.92. The molecule has 0 fully saturated rings. The van der Waals surface area contributed by atoms with E-state index >= 15 is 0 Å². The highest BCUT2D eigenvalue weighted by Gasteiger charge is 2.06. The van der Waals surface area contributed by atoms with Gasteiger partial charge in [0.15, 0.2) is 0 Å². The lowest BCUT2D eigenvalue weighted by atomic mass is 10.1. The second-order valence-electron chi connectivity index (χ2n) is 3.26. The Kier molecular flexibility index (Phi) is 2.31. The van der Waals surface area contributed by atoms with Crippen LogP contribution in [0.2, 0.25) is 0 Å². The van der Waals surface area contributed by atoms with Crippen molar-refractivity contribution in [1.82, 2.24) is 9.97 Å². The summed E-state index contributed by atoms with van der Waals surface area (Å²) in [4.78, 5) is 7.01. The Bertz CT molecular complexity index is 421. The molecular formula is C11H11FN2. The predicted molar refractivity (Wildman–Crippen MR) is 52.5 cm³/mol. The third-order valence-electron chi connectivity index (χ3n) is 2.18. The van der Waals surface area contributed by atoms with Gasteiger partial charge in [-0.1, -0.05) is 18.2 Å². The van der Waals surface area contributed by atoms with E-state index in [9.17, 15) is 4.39 Å². The Labute approximate surface area is 81.8 Å². The fourth-order valence-corrected chi connectivity index (χ4v) is 1.42. The van der Waals surface area contributed by atoms with Crippen molar-refractivity contribution < 1.29 is 4.39 Å². The molecule has 0 aliphatic heterocycles. The lowest BCUT2D eigenvalue weighted by Gasteiger charge is -2.02. The summed E-state index contributed by atoms with van der Waals surface area (Å²) in [6.45, 7) is 1.76. The number of H-pyrrole nitrogens is 1. The maximum absolute atomic E-state index is 13.6. The summed E-state index contributed by atoms with van der Waals surface area (Å²) >= 11 is 0. The normalized spacial score (nSPS) is 10.4. The molecule has 0 unspecified atom stereocenters. The molecule has 0 aliphatic rings. The Balaban J connectivity index is 2.29. The number of nitrogens with one attached hydrogen (secondary N) is 1. The SMILES string of the molecule is Cc1cccc(Cc2ncc[nH]2)c1F. The van der Waals surface area contributed by atoms with Gasteiger partial charge in [-0.25, -0.2) is 9.37 Å². The highest BCUT2D eigenvalue weighted by Crippen LogP contribution is 2.14. The average Bonchev–Trinajstić information content (AvgIpc) is 2.66. The molecule has 2 nitrogen and oxygen atoms in total. The number of rotatable bonds is 2. The van der Waals surface area contributed by atoms with Gasteiger partial charge in [-0.15, -0.1) is 0 Å². The Morgan fingerprint density at radius 2 is 2.29 bits per heavy atom. The van der Waals surface area contributed by atoms with Gasteiger partial charge in [0.05, 0.1) is 0 Å². The van der Waals surface area contributed by atoms with Crippen molar-refractivity contribution in [2.45, 2.75) is 13.3 Å². The maximum Gasteiger partial charge on any atom is 0.129 e. The summed E-state index contributed by atoms with van der Waals surface area (Å²) in [7, 11) is 0. The van der Waals surface area contributed by atoms with E-state index in [2.05, 4.69) is 9.97 Å². The van der Waals surface area contributed by atoms with Gasteiger partial charge in [-0.05, 0) is 18.1 Å². The van der Waals surface area contributed by atoms with Gasteiger partial charge in [-0.3, -0.25) is 0 Å². The molecule has 0 spiro atoms. The summed E-state index contributed by atoms with van der Waals surface area (Å²) in [5, 5.41) is 0. The van der Waals surface area contributed by atoms with E-state index in [0.717, 1.165) is 5.82 Å². The third-order valence-corrected chi connectivity index (χ3v) is 2.18. The number of halogens is 1. The quantitative estimate of drug-likeness (QED) is 0.774. The number of hydrogen-bond donors (Lipinski definition) is 1. The fraction of sp³-hybridized carbons (Fsp3) is 0.182. The molecule has 1 heterocycles. The number of benzene rings is 1. The number of imidazole rings is 1. The first-order valence-electron chi connectivity index (χ1n) is 4.49. The first kappa shape index (κ1) is 8.94. The topological polar surface area (TPSA) is 28.7 Å². The summed E-state index contributed by atoms with van der Waals surface area (Å²) in [5.74, 6) is 0.651. The van der Waals surface area contributed by atoms with Gasteiger partial charge >= 0.3 is 0 Å². The first-order valence-corrected chi connectivity index (χ1v) is 4.49. The summed E-state index contributed by atoms with van der Waals surface area (Å²) in [5.41, 5.74) is 1.36. The van der Waals surface area contributed by atoms with Crippen molar-refractivity contribution in [1.29, 1.82) is 0 Å². The van der Waals surface area contributed by atoms with Crippen LogP contribution in [0.3, 0.4) is 0 Å². The van der Waals surface area contributed by atoms with Crippen LogP contribution in [0.25, 0.3) is 0 Å². The second-order valence-corrected chi connectivity index (χ2v) is 3.26. The molecule has 0 aliphatic carbocycles. The van der Waals surface area contributed by atoms with E-state index in [1.54, 1.807) is 31.5 Å². The molecule has 3 heteroatoms. The molecule has 2 aromatic rings. The molecular weight excluding hydrogens is 179 g/mol. The second kappa shape index (κ2) is 3.62. The van der Waals surface area contributed by atoms with Crippen molar-refractivity contribution in [2.24, 2.45) is 0 Å². The molecule has 0 saturated heterocycles. The van der Waals surface area contributed by atoms with Crippen molar-refractivity contribution in [3.63, 3.8) is 0 Å². The largest absolute Gasteiger partial charge is 0.348 e. The van der Waals surface area contributed by atoms with Crippen LogP contribution in [0.1, 0.15) is 17.0 Å². The average molecular weight is 190 g/mol. The number of hydrogen-bond acceptors (Lipinski definition) is 1. The minimum absolute atomic E-state index is 0.135. The zero-order valence-electron chi connectivity index (χ0n) is 7.92. The van der Waals surface area contributed by atoms with Gasteiger partial charge in [0.25, 0.3) is 0 Å². The maximum atomic E-state index is 13.6. The highest BCUT2D eigenvalue weighted by molar-refractivity contribution is 5.27. The van der Waals surface area contributed by atoms with Crippen LogP contribution in [0.4, 0.5) is 4.39 Å². The van der Waals surface area contributed by atoms with Crippen LogP contribution >= 0.6 is 0 Å². The summed E-state index contributed by atoms with van der Waals surface area (Å²) in [6, 6.07) is 5.41. The van der Waals surface area contributed by atoms with Gasteiger partial charge in [0.2, 0.25) is 0 Å². The van der Waals surface area contributed by atoms with Crippen LogP contribution < -0.4 is 0 Å². The zero-order chi connectivity index (χ0) is 9.97. The van der Waals surface area contributed by atoms with E-state index in [1.165, 1.54) is 0 Å². The van der Waals surface area contributed by atoms with Crippen LogP contribution in [-0.2, 0) is 6.42 Å². The number of aromatic nitrogens is 2. The summed E-state index contributed by atoms with van der Waals surface area (Å²) < 4.78 is 13.6. The lowest BCUT2D eigenvalue weighted by molar-refractivity contribution is 0.603. The van der Waals surface area contributed by atoms with Crippen molar-refractivity contribution >= 4 is 0 Å². The molecule has 1 aromatic heterocycles. The minimum atomic E-state index is -0.135. The van der Waals surface area contributed by atoms with Gasteiger partial charge < -0.3 is 4.98 Å². The Hall–Kier alpha value is -1.64. The molecule has 0 bridgehead atoms. The van der Waals surface area contributed by atoms with E-state index in [0.29, 0.717) is 17.5 Å². The summed E-state index contributed by atoms with van der Waals surface area (Å²) in [6.07, 6.45) is 3.92. The van der Waals surface area contributed by atoms with E-state index in [-0.39, 0.29) is 5.82 Å².